The van der Waals surface area contributed by atoms with Crippen LogP contribution in [0.4, 0.5) is 5.69 Å². The summed E-state index contributed by atoms with van der Waals surface area (Å²) in [4.78, 5) is 0. The maximum absolute atomic E-state index is 5.97. The van der Waals surface area contributed by atoms with Crippen LogP contribution in [0.1, 0.15) is 50.7 Å². The van der Waals surface area contributed by atoms with Crippen LogP contribution in [0.3, 0.4) is 0 Å². The molecule has 0 saturated carbocycles. The molecule has 0 fully saturated rings. The second-order valence-corrected chi connectivity index (χ2v) is 7.76. The van der Waals surface area contributed by atoms with Crippen LogP contribution in [-0.2, 0) is 0 Å². The zero-order chi connectivity index (χ0) is 21.5. The SMILES string of the molecule is CCCCOc1ccc2c(c1)C(=NNc1ccccc1)c1cc(OCCCC)ccc1-2. The topological polar surface area (TPSA) is 42.8 Å². The van der Waals surface area contributed by atoms with Gasteiger partial charge in [-0.25, -0.2) is 0 Å². The quantitative estimate of drug-likeness (QED) is 0.227. The molecular formula is C27H30N2O2. The molecule has 0 radical (unpaired) electrons. The van der Waals surface area contributed by atoms with E-state index in [-0.39, 0.29) is 0 Å². The predicted octanol–water partition coefficient (Wildman–Crippen LogP) is 6.89. The van der Waals surface area contributed by atoms with Gasteiger partial charge in [0.1, 0.15) is 11.5 Å². The summed E-state index contributed by atoms with van der Waals surface area (Å²) >= 11 is 0. The first-order valence-corrected chi connectivity index (χ1v) is 11.2. The third-order valence-electron chi connectivity index (χ3n) is 5.39. The number of hydrazone groups is 1. The lowest BCUT2D eigenvalue weighted by Gasteiger charge is -2.09. The van der Waals surface area contributed by atoms with E-state index in [0.29, 0.717) is 0 Å². The molecule has 0 aromatic heterocycles. The number of hydrogen-bond donors (Lipinski definition) is 1. The lowest BCUT2D eigenvalue weighted by molar-refractivity contribution is 0.309. The van der Waals surface area contributed by atoms with E-state index in [2.05, 4.69) is 55.7 Å². The molecule has 1 aliphatic carbocycles. The first kappa shape index (κ1) is 21.0. The second-order valence-electron chi connectivity index (χ2n) is 7.76. The molecule has 3 aromatic rings. The average Bonchev–Trinajstić information content (AvgIpc) is 3.11. The summed E-state index contributed by atoms with van der Waals surface area (Å²) in [7, 11) is 0. The highest BCUT2D eigenvalue weighted by Crippen LogP contribution is 2.40. The molecule has 1 aliphatic rings. The molecule has 0 aliphatic heterocycles. The van der Waals surface area contributed by atoms with Gasteiger partial charge in [0.15, 0.2) is 0 Å². The summed E-state index contributed by atoms with van der Waals surface area (Å²) < 4.78 is 11.9. The molecule has 4 heteroatoms. The molecular weight excluding hydrogens is 384 g/mol. The van der Waals surface area contributed by atoms with E-state index >= 15 is 0 Å². The fraction of sp³-hybridized carbons (Fsp3) is 0.296. The van der Waals surface area contributed by atoms with Crippen LogP contribution in [0.5, 0.6) is 11.5 Å². The molecule has 0 heterocycles. The smallest absolute Gasteiger partial charge is 0.120 e. The van der Waals surface area contributed by atoms with E-state index in [4.69, 9.17) is 14.6 Å². The fourth-order valence-corrected chi connectivity index (χ4v) is 3.66. The highest BCUT2D eigenvalue weighted by atomic mass is 16.5. The third-order valence-corrected chi connectivity index (χ3v) is 5.39. The highest BCUT2D eigenvalue weighted by molar-refractivity contribution is 6.25. The Balaban J connectivity index is 1.68. The Bertz CT molecular complexity index is 983. The second kappa shape index (κ2) is 10.2. The van der Waals surface area contributed by atoms with Crippen LogP contribution in [-0.4, -0.2) is 18.9 Å². The van der Waals surface area contributed by atoms with Gasteiger partial charge in [0.05, 0.1) is 24.6 Å². The summed E-state index contributed by atoms with van der Waals surface area (Å²) in [5, 5.41) is 4.81. The molecule has 0 spiro atoms. The van der Waals surface area contributed by atoms with Gasteiger partial charge < -0.3 is 9.47 Å². The summed E-state index contributed by atoms with van der Waals surface area (Å²) in [6.45, 7) is 5.80. The number of fused-ring (bicyclic) bond motifs is 3. The number of para-hydroxylation sites is 1. The number of nitrogens with zero attached hydrogens (tertiary/aromatic N) is 1. The van der Waals surface area contributed by atoms with E-state index in [1.54, 1.807) is 0 Å². The van der Waals surface area contributed by atoms with Crippen molar-refractivity contribution in [2.45, 2.75) is 39.5 Å². The molecule has 0 amide bonds. The Morgan fingerprint density at radius 3 is 1.74 bits per heavy atom. The van der Waals surface area contributed by atoms with Crippen molar-refractivity contribution in [3.63, 3.8) is 0 Å². The van der Waals surface area contributed by atoms with Crippen molar-refractivity contribution in [3.05, 3.63) is 77.9 Å². The van der Waals surface area contributed by atoms with Gasteiger partial charge in [-0.05, 0) is 72.5 Å². The Kier molecular flexibility index (Phi) is 6.88. The van der Waals surface area contributed by atoms with Crippen LogP contribution in [0.2, 0.25) is 0 Å². The van der Waals surface area contributed by atoms with Crippen molar-refractivity contribution in [3.8, 4) is 22.6 Å². The van der Waals surface area contributed by atoms with E-state index < -0.39 is 0 Å². The predicted molar refractivity (Wildman–Crippen MR) is 128 cm³/mol. The van der Waals surface area contributed by atoms with Gasteiger partial charge in [-0.2, -0.15) is 5.10 Å². The summed E-state index contributed by atoms with van der Waals surface area (Å²) in [5.74, 6) is 1.76. The van der Waals surface area contributed by atoms with Crippen LogP contribution >= 0.6 is 0 Å². The standard InChI is InChI=1S/C27H30N2O2/c1-3-5-16-30-21-12-14-23-24-15-13-22(31-17-6-4-2)19-26(24)27(25(23)18-21)29-28-20-10-8-7-9-11-20/h7-15,18-19,28H,3-6,16-17H2,1-2H3. The monoisotopic (exact) mass is 414 g/mol. The van der Waals surface area contributed by atoms with Crippen LogP contribution in [0.15, 0.2) is 71.8 Å². The largest absolute Gasteiger partial charge is 0.494 e. The average molecular weight is 415 g/mol. The van der Waals surface area contributed by atoms with E-state index in [1.165, 1.54) is 11.1 Å². The summed E-state index contributed by atoms with van der Waals surface area (Å²) in [6.07, 6.45) is 4.33. The highest BCUT2D eigenvalue weighted by Gasteiger charge is 2.26. The first-order valence-electron chi connectivity index (χ1n) is 11.2. The summed E-state index contributed by atoms with van der Waals surface area (Å²) in [5.41, 5.74) is 9.59. The van der Waals surface area contributed by atoms with Gasteiger partial charge in [0, 0.05) is 11.1 Å². The van der Waals surface area contributed by atoms with Gasteiger partial charge in [-0.15, -0.1) is 0 Å². The van der Waals surface area contributed by atoms with Gasteiger partial charge in [0.2, 0.25) is 0 Å². The number of hydrogen-bond acceptors (Lipinski definition) is 4. The maximum atomic E-state index is 5.97. The van der Waals surface area contributed by atoms with Gasteiger partial charge >= 0.3 is 0 Å². The Morgan fingerprint density at radius 2 is 1.23 bits per heavy atom. The lowest BCUT2D eigenvalue weighted by atomic mass is 10.1. The number of rotatable bonds is 10. The molecule has 3 aromatic carbocycles. The molecule has 1 N–H and O–H groups in total. The summed E-state index contributed by atoms with van der Waals surface area (Å²) in [6, 6.07) is 22.6. The minimum atomic E-state index is 0.729. The van der Waals surface area contributed by atoms with Gasteiger partial charge in [0.25, 0.3) is 0 Å². The lowest BCUT2D eigenvalue weighted by Crippen LogP contribution is -2.04. The van der Waals surface area contributed by atoms with Gasteiger partial charge in [-0.1, -0.05) is 44.9 Å². The zero-order valence-corrected chi connectivity index (χ0v) is 18.4. The minimum Gasteiger partial charge on any atom is -0.494 e. The number of benzene rings is 3. The molecule has 160 valence electrons. The molecule has 4 rings (SSSR count). The Hall–Kier alpha value is -3.27. The number of anilines is 1. The van der Waals surface area contributed by atoms with Gasteiger partial charge in [-0.3, -0.25) is 5.43 Å². The number of nitrogens with one attached hydrogen (secondary N) is 1. The number of ether oxygens (including phenoxy) is 2. The van der Waals surface area contributed by atoms with Crippen molar-refractivity contribution in [2.24, 2.45) is 5.10 Å². The van der Waals surface area contributed by atoms with Crippen molar-refractivity contribution >= 4 is 11.4 Å². The van der Waals surface area contributed by atoms with E-state index in [1.807, 2.05) is 30.3 Å². The molecule has 0 bridgehead atoms. The van der Waals surface area contributed by atoms with Crippen LogP contribution in [0, 0.1) is 0 Å². The Morgan fingerprint density at radius 1 is 0.677 bits per heavy atom. The van der Waals surface area contributed by atoms with Crippen molar-refractivity contribution in [1.29, 1.82) is 0 Å². The van der Waals surface area contributed by atoms with Crippen LogP contribution in [0.25, 0.3) is 11.1 Å². The fourth-order valence-electron chi connectivity index (χ4n) is 3.66. The molecule has 4 nitrogen and oxygen atoms in total. The zero-order valence-electron chi connectivity index (χ0n) is 18.4. The normalized spacial score (nSPS) is 11.6. The van der Waals surface area contributed by atoms with Crippen molar-refractivity contribution < 1.29 is 9.47 Å². The molecule has 0 unspecified atom stereocenters. The maximum Gasteiger partial charge on any atom is 0.120 e. The minimum absolute atomic E-state index is 0.729. The molecule has 0 saturated heterocycles. The first-order chi connectivity index (χ1) is 15.3. The Labute approximate surface area is 184 Å². The third kappa shape index (κ3) is 4.91. The number of unbranched alkanes of at least 4 members (excludes halogenated alkanes) is 2. The van der Waals surface area contributed by atoms with Crippen molar-refractivity contribution in [2.75, 3.05) is 18.6 Å². The van der Waals surface area contributed by atoms with E-state index in [0.717, 1.165) is 72.9 Å². The van der Waals surface area contributed by atoms with Crippen molar-refractivity contribution in [1.82, 2.24) is 0 Å². The molecule has 0 atom stereocenters. The van der Waals surface area contributed by atoms with Crippen LogP contribution < -0.4 is 14.9 Å². The molecule has 31 heavy (non-hydrogen) atoms. The van der Waals surface area contributed by atoms with E-state index in [9.17, 15) is 0 Å².